The molecule has 0 radical (unpaired) electrons. The Balaban J connectivity index is 1.84. The van der Waals surface area contributed by atoms with E-state index in [1.54, 1.807) is 23.5 Å². The molecule has 1 aromatic heterocycles. The highest BCUT2D eigenvalue weighted by molar-refractivity contribution is 7.89. The van der Waals surface area contributed by atoms with Crippen molar-refractivity contribution in [3.8, 4) is 5.75 Å². The summed E-state index contributed by atoms with van der Waals surface area (Å²) in [6.07, 6.45) is 1.84. The number of rotatable bonds is 4. The Kier molecular flexibility index (Phi) is 4.56. The first kappa shape index (κ1) is 18.8. The summed E-state index contributed by atoms with van der Waals surface area (Å²) < 4.78 is 35.5. The standard InChI is InChI=1S/C22H24N2O3S/c1-5-16-13-24(28(25,26)18-9-6-15(2)7-10-18)14-21-22(16)19-12-17(27-4)8-11-20(19)23(21)3/h5-12,16H,1,13-14H2,2-4H3/t16-/m1/s1. The Hall–Kier alpha value is -2.57. The molecule has 0 spiro atoms. The predicted octanol–water partition coefficient (Wildman–Crippen LogP) is 3.97. The summed E-state index contributed by atoms with van der Waals surface area (Å²) in [7, 11) is 0.0481. The molecule has 146 valence electrons. The van der Waals surface area contributed by atoms with Gasteiger partial charge in [0.15, 0.2) is 0 Å². The van der Waals surface area contributed by atoms with Crippen molar-refractivity contribution in [2.24, 2.45) is 7.05 Å². The van der Waals surface area contributed by atoms with E-state index >= 15 is 0 Å². The molecule has 0 unspecified atom stereocenters. The van der Waals surface area contributed by atoms with Crippen LogP contribution < -0.4 is 4.74 Å². The maximum absolute atomic E-state index is 13.3. The number of ether oxygens (including phenoxy) is 1. The van der Waals surface area contributed by atoms with Crippen molar-refractivity contribution < 1.29 is 13.2 Å². The molecule has 0 saturated carbocycles. The fourth-order valence-electron chi connectivity index (χ4n) is 4.01. The second-order valence-electron chi connectivity index (χ2n) is 7.26. The first-order valence-electron chi connectivity index (χ1n) is 9.21. The molecule has 1 aliphatic rings. The second-order valence-corrected chi connectivity index (χ2v) is 9.19. The van der Waals surface area contributed by atoms with Gasteiger partial charge < -0.3 is 9.30 Å². The van der Waals surface area contributed by atoms with Gasteiger partial charge in [0.1, 0.15) is 5.75 Å². The van der Waals surface area contributed by atoms with Crippen molar-refractivity contribution in [2.45, 2.75) is 24.3 Å². The molecule has 4 rings (SSSR count). The summed E-state index contributed by atoms with van der Waals surface area (Å²) in [6.45, 7) is 6.64. The minimum Gasteiger partial charge on any atom is -0.497 e. The van der Waals surface area contributed by atoms with E-state index in [0.29, 0.717) is 18.0 Å². The smallest absolute Gasteiger partial charge is 0.243 e. The van der Waals surface area contributed by atoms with Crippen LogP contribution in [-0.2, 0) is 23.6 Å². The van der Waals surface area contributed by atoms with Gasteiger partial charge in [-0.1, -0.05) is 23.8 Å². The molecule has 0 saturated heterocycles. The third kappa shape index (κ3) is 2.84. The highest BCUT2D eigenvalue weighted by Crippen LogP contribution is 2.40. The third-order valence-corrected chi connectivity index (χ3v) is 7.44. The average molecular weight is 397 g/mol. The molecule has 0 N–H and O–H groups in total. The molecule has 1 atom stereocenters. The van der Waals surface area contributed by atoms with Crippen molar-refractivity contribution in [3.63, 3.8) is 0 Å². The van der Waals surface area contributed by atoms with Crippen LogP contribution in [0.1, 0.15) is 22.7 Å². The molecular weight excluding hydrogens is 372 g/mol. The Bertz CT molecular complexity index is 1160. The van der Waals surface area contributed by atoms with Gasteiger partial charge in [0.05, 0.1) is 18.6 Å². The normalized spacial score (nSPS) is 17.5. The fourth-order valence-corrected chi connectivity index (χ4v) is 5.44. The monoisotopic (exact) mass is 396 g/mol. The highest BCUT2D eigenvalue weighted by atomic mass is 32.2. The van der Waals surface area contributed by atoms with Crippen LogP contribution in [0, 0.1) is 6.92 Å². The van der Waals surface area contributed by atoms with Crippen LogP contribution in [0.5, 0.6) is 5.75 Å². The SMILES string of the molecule is C=C[C@@H]1CN(S(=O)(=O)c2ccc(C)cc2)Cc2c1c1cc(OC)ccc1n2C. The van der Waals surface area contributed by atoms with Gasteiger partial charge in [-0.25, -0.2) is 8.42 Å². The van der Waals surface area contributed by atoms with Crippen molar-refractivity contribution in [3.05, 3.63) is 71.9 Å². The summed E-state index contributed by atoms with van der Waals surface area (Å²) in [5.74, 6) is 0.707. The van der Waals surface area contributed by atoms with Crippen molar-refractivity contribution in [1.82, 2.24) is 8.87 Å². The van der Waals surface area contributed by atoms with Crippen LogP contribution >= 0.6 is 0 Å². The topological polar surface area (TPSA) is 51.5 Å². The lowest BCUT2D eigenvalue weighted by Crippen LogP contribution is -2.38. The van der Waals surface area contributed by atoms with Gasteiger partial charge in [-0.05, 0) is 42.8 Å². The van der Waals surface area contributed by atoms with Crippen molar-refractivity contribution >= 4 is 20.9 Å². The summed E-state index contributed by atoms with van der Waals surface area (Å²) in [4.78, 5) is 0.324. The summed E-state index contributed by atoms with van der Waals surface area (Å²) in [5.41, 5.74) is 4.23. The zero-order chi connectivity index (χ0) is 20.1. The molecule has 0 fully saturated rings. The Morgan fingerprint density at radius 1 is 1.18 bits per heavy atom. The molecule has 0 aliphatic carbocycles. The number of methoxy groups -OCH3 is 1. The minimum absolute atomic E-state index is 0.0835. The van der Waals surface area contributed by atoms with Crippen LogP contribution in [0.4, 0.5) is 0 Å². The van der Waals surface area contributed by atoms with Crippen LogP contribution in [0.3, 0.4) is 0 Å². The van der Waals surface area contributed by atoms with E-state index in [4.69, 9.17) is 4.74 Å². The molecule has 0 bridgehead atoms. The van der Waals surface area contributed by atoms with Crippen molar-refractivity contribution in [2.75, 3.05) is 13.7 Å². The third-order valence-electron chi connectivity index (χ3n) is 5.61. The predicted molar refractivity (Wildman–Crippen MR) is 111 cm³/mol. The van der Waals surface area contributed by atoms with Crippen molar-refractivity contribution in [1.29, 1.82) is 0 Å². The molecule has 1 aliphatic heterocycles. The maximum atomic E-state index is 13.3. The van der Waals surface area contributed by atoms with E-state index in [2.05, 4.69) is 11.1 Å². The van der Waals surface area contributed by atoms with Gasteiger partial charge in [-0.2, -0.15) is 4.31 Å². The first-order chi connectivity index (χ1) is 13.4. The minimum atomic E-state index is -3.58. The van der Waals surface area contributed by atoms with E-state index in [1.807, 2.05) is 50.4 Å². The quantitative estimate of drug-likeness (QED) is 0.627. The fraction of sp³-hybridized carbons (Fsp3) is 0.273. The number of benzene rings is 2. The number of nitrogens with zero attached hydrogens (tertiary/aromatic N) is 2. The van der Waals surface area contributed by atoms with Gasteiger partial charge >= 0.3 is 0 Å². The summed E-state index contributed by atoms with van der Waals surface area (Å²) in [6, 6.07) is 13.0. The van der Waals surface area contributed by atoms with E-state index in [0.717, 1.165) is 33.5 Å². The number of fused-ring (bicyclic) bond motifs is 3. The number of hydrogen-bond acceptors (Lipinski definition) is 3. The molecule has 28 heavy (non-hydrogen) atoms. The highest BCUT2D eigenvalue weighted by Gasteiger charge is 2.35. The largest absolute Gasteiger partial charge is 0.497 e. The van der Waals surface area contributed by atoms with Gasteiger partial charge in [0.2, 0.25) is 10.0 Å². The second kappa shape index (κ2) is 6.79. The van der Waals surface area contributed by atoms with E-state index in [9.17, 15) is 8.42 Å². The van der Waals surface area contributed by atoms with E-state index in [1.165, 1.54) is 0 Å². The van der Waals surface area contributed by atoms with Gasteiger partial charge in [-0.3, -0.25) is 0 Å². The van der Waals surface area contributed by atoms with E-state index in [-0.39, 0.29) is 5.92 Å². The van der Waals surface area contributed by atoms with Crippen LogP contribution in [0.15, 0.2) is 60.0 Å². The summed E-state index contributed by atoms with van der Waals surface area (Å²) >= 11 is 0. The first-order valence-corrected chi connectivity index (χ1v) is 10.7. The number of hydrogen-bond donors (Lipinski definition) is 0. The molecule has 2 aromatic carbocycles. The van der Waals surface area contributed by atoms with Gasteiger partial charge in [-0.15, -0.1) is 6.58 Å². The number of aryl methyl sites for hydroxylation is 2. The lowest BCUT2D eigenvalue weighted by molar-refractivity contribution is 0.367. The molecule has 5 nitrogen and oxygen atoms in total. The zero-order valence-electron chi connectivity index (χ0n) is 16.3. The number of aromatic nitrogens is 1. The van der Waals surface area contributed by atoms with E-state index < -0.39 is 10.0 Å². The molecule has 2 heterocycles. The molecule has 3 aromatic rings. The van der Waals surface area contributed by atoms with Crippen LogP contribution in [-0.4, -0.2) is 30.9 Å². The van der Waals surface area contributed by atoms with Crippen LogP contribution in [0.25, 0.3) is 10.9 Å². The molecule has 6 heteroatoms. The average Bonchev–Trinajstić information content (AvgIpc) is 2.99. The number of sulfonamides is 1. The zero-order valence-corrected chi connectivity index (χ0v) is 17.2. The maximum Gasteiger partial charge on any atom is 0.243 e. The molecular formula is C22H24N2O3S. The van der Waals surface area contributed by atoms with Gasteiger partial charge in [0.25, 0.3) is 0 Å². The Morgan fingerprint density at radius 2 is 1.89 bits per heavy atom. The molecule has 0 amide bonds. The van der Waals surface area contributed by atoms with Crippen LogP contribution in [0.2, 0.25) is 0 Å². The lowest BCUT2D eigenvalue weighted by atomic mass is 9.93. The lowest BCUT2D eigenvalue weighted by Gasteiger charge is -2.31. The van der Waals surface area contributed by atoms with Gasteiger partial charge in [0, 0.05) is 36.1 Å². The Labute approximate surface area is 165 Å². The summed E-state index contributed by atoms with van der Waals surface area (Å²) in [5, 5.41) is 1.09. The Morgan fingerprint density at radius 3 is 2.54 bits per heavy atom.